The number of rotatable bonds is 3. The topological polar surface area (TPSA) is 49.3 Å². The fraction of sp³-hybridized carbons (Fsp3) is 0.611. The van der Waals surface area contributed by atoms with E-state index in [0.717, 1.165) is 73.7 Å². The molecule has 0 aromatic carbocycles. The van der Waals surface area contributed by atoms with Crippen LogP contribution in [-0.4, -0.2) is 47.0 Å². The number of hydrogen-bond acceptors (Lipinski definition) is 5. The molecule has 0 N–H and O–H groups in total. The van der Waals surface area contributed by atoms with Crippen molar-refractivity contribution in [3.05, 3.63) is 17.3 Å². The standard InChI is InChI=1S/C18H24N4OS/c1-3-8-21-9-4-6-18(17(21)23)7-10-22(12-18)16-15-14(5-11-24-15)19-13(2)20-16/h5,11H,3-4,6-10,12H2,1-2H3/t18-/m1/s1. The van der Waals surface area contributed by atoms with Gasteiger partial charge in [-0.15, -0.1) is 11.3 Å². The van der Waals surface area contributed by atoms with Crippen molar-refractivity contribution >= 4 is 33.3 Å². The maximum Gasteiger partial charge on any atom is 0.230 e. The van der Waals surface area contributed by atoms with Gasteiger partial charge in [0.05, 0.1) is 15.6 Å². The van der Waals surface area contributed by atoms with E-state index in [1.54, 1.807) is 11.3 Å². The first kappa shape index (κ1) is 15.8. The van der Waals surface area contributed by atoms with Crippen LogP contribution in [0.2, 0.25) is 0 Å². The Labute approximate surface area is 146 Å². The first-order valence-corrected chi connectivity index (χ1v) is 9.77. The number of piperidine rings is 1. The third-order valence-electron chi connectivity index (χ3n) is 5.37. The van der Waals surface area contributed by atoms with Crippen LogP contribution in [0.3, 0.4) is 0 Å². The number of amides is 1. The molecule has 2 aromatic heterocycles. The molecule has 1 amide bonds. The lowest BCUT2D eigenvalue weighted by Gasteiger charge is -2.39. The Morgan fingerprint density at radius 1 is 1.29 bits per heavy atom. The van der Waals surface area contributed by atoms with Gasteiger partial charge in [0.1, 0.15) is 11.6 Å². The van der Waals surface area contributed by atoms with E-state index in [0.29, 0.717) is 5.91 Å². The van der Waals surface area contributed by atoms with Crippen LogP contribution < -0.4 is 4.90 Å². The highest BCUT2D eigenvalue weighted by molar-refractivity contribution is 7.17. The van der Waals surface area contributed by atoms with Crippen LogP contribution in [0, 0.1) is 12.3 Å². The summed E-state index contributed by atoms with van der Waals surface area (Å²) in [6.45, 7) is 7.62. The molecule has 4 heterocycles. The van der Waals surface area contributed by atoms with E-state index >= 15 is 0 Å². The summed E-state index contributed by atoms with van der Waals surface area (Å²) < 4.78 is 1.14. The minimum Gasteiger partial charge on any atom is -0.354 e. The first-order valence-electron chi connectivity index (χ1n) is 8.89. The summed E-state index contributed by atoms with van der Waals surface area (Å²) in [6.07, 6.45) is 4.12. The van der Waals surface area contributed by atoms with Crippen molar-refractivity contribution < 1.29 is 4.79 Å². The van der Waals surface area contributed by atoms with Gasteiger partial charge in [0.2, 0.25) is 5.91 Å². The summed E-state index contributed by atoms with van der Waals surface area (Å²) in [4.78, 5) is 26.7. The Morgan fingerprint density at radius 3 is 3.00 bits per heavy atom. The summed E-state index contributed by atoms with van der Waals surface area (Å²) >= 11 is 1.69. The van der Waals surface area contributed by atoms with E-state index < -0.39 is 0 Å². The van der Waals surface area contributed by atoms with E-state index in [9.17, 15) is 4.79 Å². The Hall–Kier alpha value is -1.69. The van der Waals surface area contributed by atoms with Gasteiger partial charge in [0.15, 0.2) is 0 Å². The highest BCUT2D eigenvalue weighted by atomic mass is 32.1. The minimum atomic E-state index is -0.199. The normalized spacial score (nSPS) is 24.5. The Morgan fingerprint density at radius 2 is 2.17 bits per heavy atom. The van der Waals surface area contributed by atoms with Crippen molar-refractivity contribution in [2.75, 3.05) is 31.1 Å². The average Bonchev–Trinajstić information content (AvgIpc) is 3.19. The number of thiophene rings is 1. The van der Waals surface area contributed by atoms with Crippen LogP contribution in [0.25, 0.3) is 10.2 Å². The van der Waals surface area contributed by atoms with Crippen molar-refractivity contribution in [3.8, 4) is 0 Å². The van der Waals surface area contributed by atoms with Crippen LogP contribution in [0.4, 0.5) is 5.82 Å². The first-order chi connectivity index (χ1) is 11.6. The molecule has 2 saturated heterocycles. The second-order valence-corrected chi connectivity index (χ2v) is 7.99. The van der Waals surface area contributed by atoms with Crippen LogP contribution in [0.15, 0.2) is 11.4 Å². The molecule has 0 bridgehead atoms. The fourth-order valence-corrected chi connectivity index (χ4v) is 5.09. The molecule has 2 fully saturated rings. The van der Waals surface area contributed by atoms with Gasteiger partial charge in [-0.1, -0.05) is 6.92 Å². The van der Waals surface area contributed by atoms with Gasteiger partial charge in [-0.2, -0.15) is 0 Å². The smallest absolute Gasteiger partial charge is 0.230 e. The van der Waals surface area contributed by atoms with Crippen molar-refractivity contribution in [1.82, 2.24) is 14.9 Å². The summed E-state index contributed by atoms with van der Waals surface area (Å²) in [6, 6.07) is 2.05. The quantitative estimate of drug-likeness (QED) is 0.858. The lowest BCUT2D eigenvalue weighted by molar-refractivity contribution is -0.145. The molecule has 6 heteroatoms. The monoisotopic (exact) mass is 344 g/mol. The number of likely N-dealkylation sites (tertiary alicyclic amines) is 1. The Balaban J connectivity index is 1.64. The van der Waals surface area contributed by atoms with Gasteiger partial charge in [0, 0.05) is 26.2 Å². The lowest BCUT2D eigenvalue weighted by Crippen LogP contribution is -2.50. The van der Waals surface area contributed by atoms with Gasteiger partial charge in [-0.25, -0.2) is 9.97 Å². The molecule has 0 saturated carbocycles. The van der Waals surface area contributed by atoms with Crippen molar-refractivity contribution in [1.29, 1.82) is 0 Å². The number of hydrogen-bond donors (Lipinski definition) is 0. The van der Waals surface area contributed by atoms with Crippen LogP contribution in [0.1, 0.15) is 38.4 Å². The number of aryl methyl sites for hydroxylation is 1. The number of aromatic nitrogens is 2. The van der Waals surface area contributed by atoms with Crippen LogP contribution >= 0.6 is 11.3 Å². The molecule has 128 valence electrons. The van der Waals surface area contributed by atoms with E-state index in [2.05, 4.69) is 33.2 Å². The zero-order valence-electron chi connectivity index (χ0n) is 14.4. The second-order valence-electron chi connectivity index (χ2n) is 7.08. The summed E-state index contributed by atoms with van der Waals surface area (Å²) in [5.74, 6) is 2.19. The number of carbonyl (C=O) groups is 1. The number of nitrogens with zero attached hydrogens (tertiary/aromatic N) is 4. The van der Waals surface area contributed by atoms with Crippen LogP contribution in [-0.2, 0) is 4.79 Å². The molecule has 24 heavy (non-hydrogen) atoms. The molecular weight excluding hydrogens is 320 g/mol. The molecule has 1 atom stereocenters. The highest BCUT2D eigenvalue weighted by Crippen LogP contribution is 2.43. The van der Waals surface area contributed by atoms with E-state index in [1.165, 1.54) is 0 Å². The third kappa shape index (κ3) is 2.48. The van der Waals surface area contributed by atoms with E-state index in [4.69, 9.17) is 4.98 Å². The largest absolute Gasteiger partial charge is 0.354 e. The fourth-order valence-electron chi connectivity index (χ4n) is 4.24. The van der Waals surface area contributed by atoms with E-state index in [1.807, 2.05) is 6.92 Å². The highest BCUT2D eigenvalue weighted by Gasteiger charge is 2.48. The van der Waals surface area contributed by atoms with Crippen molar-refractivity contribution in [2.24, 2.45) is 5.41 Å². The molecule has 0 aliphatic carbocycles. The van der Waals surface area contributed by atoms with Gasteiger partial charge >= 0.3 is 0 Å². The zero-order chi connectivity index (χ0) is 16.7. The third-order valence-corrected chi connectivity index (χ3v) is 6.27. The lowest BCUT2D eigenvalue weighted by atomic mass is 9.78. The Kier molecular flexibility index (Phi) is 3.95. The van der Waals surface area contributed by atoms with Gasteiger partial charge in [0.25, 0.3) is 0 Å². The number of carbonyl (C=O) groups excluding carboxylic acids is 1. The zero-order valence-corrected chi connectivity index (χ0v) is 15.2. The summed E-state index contributed by atoms with van der Waals surface area (Å²) in [5.41, 5.74) is 0.821. The minimum absolute atomic E-state index is 0.199. The molecule has 4 rings (SSSR count). The average molecular weight is 344 g/mol. The Bertz CT molecular complexity index is 771. The molecule has 2 aliphatic rings. The molecule has 0 radical (unpaired) electrons. The summed E-state index contributed by atoms with van der Waals surface area (Å²) in [5, 5.41) is 2.07. The molecule has 0 unspecified atom stereocenters. The molecular formula is C18H24N4OS. The maximum atomic E-state index is 13.1. The van der Waals surface area contributed by atoms with Crippen LogP contribution in [0.5, 0.6) is 0 Å². The SMILES string of the molecule is CCCN1CCC[C@]2(CCN(c3nc(C)nc4ccsc34)C2)C1=O. The second kappa shape index (κ2) is 5.99. The molecule has 2 aliphatic heterocycles. The van der Waals surface area contributed by atoms with E-state index in [-0.39, 0.29) is 5.41 Å². The van der Waals surface area contributed by atoms with Gasteiger partial charge in [-0.3, -0.25) is 4.79 Å². The summed E-state index contributed by atoms with van der Waals surface area (Å²) in [7, 11) is 0. The molecule has 2 aromatic rings. The van der Waals surface area contributed by atoms with Crippen molar-refractivity contribution in [2.45, 2.75) is 39.5 Å². The molecule has 1 spiro atoms. The van der Waals surface area contributed by atoms with Gasteiger partial charge < -0.3 is 9.80 Å². The number of anilines is 1. The number of fused-ring (bicyclic) bond motifs is 1. The molecule has 5 nitrogen and oxygen atoms in total. The van der Waals surface area contributed by atoms with Gasteiger partial charge in [-0.05, 0) is 44.1 Å². The maximum absolute atomic E-state index is 13.1. The van der Waals surface area contributed by atoms with Crippen molar-refractivity contribution in [3.63, 3.8) is 0 Å². The predicted octanol–water partition coefficient (Wildman–Crippen LogP) is 3.23. The predicted molar refractivity (Wildman–Crippen MR) is 97.5 cm³/mol.